The van der Waals surface area contributed by atoms with Crippen molar-refractivity contribution in [2.75, 3.05) is 10.6 Å². The minimum absolute atomic E-state index is 0.587. The molecule has 3 rings (SSSR count). The molecule has 0 bridgehead atoms. The number of hydrogen-bond acceptors (Lipinski definition) is 3. The minimum atomic E-state index is 0.587. The van der Waals surface area contributed by atoms with E-state index < -0.39 is 0 Å². The van der Waals surface area contributed by atoms with Gasteiger partial charge in [0.25, 0.3) is 0 Å². The molecular weight excluding hydrogens is 260 g/mol. The molecule has 4 heteroatoms. The van der Waals surface area contributed by atoms with Crippen molar-refractivity contribution in [3.05, 3.63) is 46.9 Å². The fourth-order valence-corrected chi connectivity index (χ4v) is 2.53. The third kappa shape index (κ3) is 2.56. The van der Waals surface area contributed by atoms with Crippen LogP contribution >= 0.6 is 11.6 Å². The number of furan rings is 1. The molecular formula is C15H17ClN2O. The first-order valence-corrected chi connectivity index (χ1v) is 6.87. The van der Waals surface area contributed by atoms with Crippen molar-refractivity contribution in [3.63, 3.8) is 0 Å². The van der Waals surface area contributed by atoms with Gasteiger partial charge in [0.15, 0.2) is 0 Å². The van der Waals surface area contributed by atoms with Crippen LogP contribution in [0.25, 0.3) is 0 Å². The monoisotopic (exact) mass is 276 g/mol. The average Bonchev–Trinajstić information content (AvgIpc) is 3.09. The van der Waals surface area contributed by atoms with E-state index in [1.54, 1.807) is 6.26 Å². The van der Waals surface area contributed by atoms with Gasteiger partial charge in [-0.2, -0.15) is 0 Å². The fourth-order valence-electron chi connectivity index (χ4n) is 2.37. The Balaban J connectivity index is 1.94. The minimum Gasteiger partial charge on any atom is -0.467 e. The molecule has 2 N–H and O–H groups in total. The van der Waals surface area contributed by atoms with Crippen LogP contribution in [0.2, 0.25) is 5.02 Å². The van der Waals surface area contributed by atoms with Gasteiger partial charge in [0.05, 0.1) is 23.5 Å². The van der Waals surface area contributed by atoms with Crippen molar-refractivity contribution >= 4 is 23.0 Å². The van der Waals surface area contributed by atoms with Crippen LogP contribution in [0.5, 0.6) is 0 Å². The van der Waals surface area contributed by atoms with E-state index in [2.05, 4.69) is 11.8 Å². The molecule has 0 radical (unpaired) electrons. The van der Waals surface area contributed by atoms with Crippen molar-refractivity contribution in [2.24, 2.45) is 0 Å². The van der Waals surface area contributed by atoms with Crippen LogP contribution in [0, 0.1) is 6.92 Å². The van der Waals surface area contributed by atoms with Crippen molar-refractivity contribution in [1.82, 2.24) is 0 Å². The molecule has 3 nitrogen and oxygen atoms in total. The van der Waals surface area contributed by atoms with E-state index in [9.17, 15) is 0 Å². The zero-order valence-electron chi connectivity index (χ0n) is 10.9. The summed E-state index contributed by atoms with van der Waals surface area (Å²) in [6.45, 7) is 2.85. The van der Waals surface area contributed by atoms with Crippen LogP contribution in [-0.4, -0.2) is 6.04 Å². The van der Waals surface area contributed by atoms with Crippen molar-refractivity contribution < 1.29 is 4.42 Å². The smallest absolute Gasteiger partial charge is 0.123 e. The lowest BCUT2D eigenvalue weighted by Gasteiger charge is -2.26. The van der Waals surface area contributed by atoms with Gasteiger partial charge < -0.3 is 15.1 Å². The summed E-state index contributed by atoms with van der Waals surface area (Å²) in [5.41, 5.74) is 8.79. The Morgan fingerprint density at radius 3 is 2.84 bits per heavy atom. The zero-order chi connectivity index (χ0) is 13.4. The number of benzene rings is 1. The van der Waals surface area contributed by atoms with Crippen molar-refractivity contribution in [2.45, 2.75) is 32.4 Å². The van der Waals surface area contributed by atoms with E-state index in [-0.39, 0.29) is 0 Å². The highest BCUT2D eigenvalue weighted by Crippen LogP contribution is 2.37. The number of hydrogen-bond donors (Lipinski definition) is 1. The summed E-state index contributed by atoms with van der Waals surface area (Å²) in [4.78, 5) is 2.36. The summed E-state index contributed by atoms with van der Waals surface area (Å²) in [5, 5.41) is 0.616. The van der Waals surface area contributed by atoms with E-state index in [1.165, 1.54) is 12.8 Å². The summed E-state index contributed by atoms with van der Waals surface area (Å²) >= 11 is 6.16. The molecule has 1 aliphatic rings. The summed E-state index contributed by atoms with van der Waals surface area (Å²) < 4.78 is 5.46. The normalized spacial score (nSPS) is 14.6. The van der Waals surface area contributed by atoms with Crippen LogP contribution in [-0.2, 0) is 6.54 Å². The van der Waals surface area contributed by atoms with Crippen LogP contribution in [0.4, 0.5) is 11.4 Å². The molecule has 100 valence electrons. The molecule has 19 heavy (non-hydrogen) atoms. The highest BCUT2D eigenvalue weighted by Gasteiger charge is 2.30. The lowest BCUT2D eigenvalue weighted by Crippen LogP contribution is -2.25. The number of nitrogens with two attached hydrogens (primary N) is 1. The summed E-state index contributed by atoms with van der Waals surface area (Å²) in [7, 11) is 0. The zero-order valence-corrected chi connectivity index (χ0v) is 11.7. The molecule has 1 aromatic carbocycles. The molecule has 0 spiro atoms. The van der Waals surface area contributed by atoms with E-state index in [0.717, 1.165) is 23.6 Å². The van der Waals surface area contributed by atoms with Gasteiger partial charge in [0, 0.05) is 11.7 Å². The fraction of sp³-hybridized carbons (Fsp3) is 0.333. The second-order valence-electron chi connectivity index (χ2n) is 5.10. The first-order chi connectivity index (χ1) is 9.15. The average molecular weight is 277 g/mol. The maximum absolute atomic E-state index is 6.16. The van der Waals surface area contributed by atoms with Gasteiger partial charge in [0.2, 0.25) is 0 Å². The van der Waals surface area contributed by atoms with Gasteiger partial charge in [-0.3, -0.25) is 0 Å². The molecule has 0 aliphatic heterocycles. The Hall–Kier alpha value is -1.61. The molecule has 0 atom stereocenters. The number of aryl methyl sites for hydroxylation is 1. The van der Waals surface area contributed by atoms with Gasteiger partial charge in [-0.15, -0.1) is 0 Å². The van der Waals surface area contributed by atoms with E-state index >= 15 is 0 Å². The molecule has 1 saturated carbocycles. The van der Waals surface area contributed by atoms with Gasteiger partial charge in [-0.1, -0.05) is 11.6 Å². The Bertz CT molecular complexity index is 576. The third-order valence-corrected chi connectivity index (χ3v) is 3.85. The highest BCUT2D eigenvalue weighted by molar-refractivity contribution is 6.33. The summed E-state index contributed by atoms with van der Waals surface area (Å²) in [6, 6.07) is 8.42. The van der Waals surface area contributed by atoms with Gasteiger partial charge in [-0.25, -0.2) is 0 Å². The van der Waals surface area contributed by atoms with E-state index in [4.69, 9.17) is 21.8 Å². The second kappa shape index (κ2) is 4.82. The summed E-state index contributed by atoms with van der Waals surface area (Å²) in [6.07, 6.45) is 4.16. The topological polar surface area (TPSA) is 42.4 Å². The lowest BCUT2D eigenvalue weighted by molar-refractivity contribution is 0.501. The third-order valence-electron chi connectivity index (χ3n) is 3.52. The number of nitrogen functional groups attached to an aromatic ring is 1. The first kappa shape index (κ1) is 12.4. The number of rotatable bonds is 4. The van der Waals surface area contributed by atoms with Crippen LogP contribution in [0.1, 0.15) is 24.2 Å². The number of anilines is 2. The number of nitrogens with zero attached hydrogens (tertiary/aromatic N) is 1. The molecule has 1 aliphatic carbocycles. The molecule has 1 heterocycles. The Morgan fingerprint density at radius 1 is 1.42 bits per heavy atom. The quantitative estimate of drug-likeness (QED) is 0.859. The van der Waals surface area contributed by atoms with Gasteiger partial charge in [-0.05, 0) is 49.6 Å². The predicted octanol–water partition coefficient (Wildman–Crippen LogP) is 3.99. The van der Waals surface area contributed by atoms with Gasteiger partial charge >= 0.3 is 0 Å². The second-order valence-corrected chi connectivity index (χ2v) is 5.51. The number of halogens is 1. The van der Waals surface area contributed by atoms with E-state index in [0.29, 0.717) is 16.8 Å². The largest absolute Gasteiger partial charge is 0.467 e. The predicted molar refractivity (Wildman–Crippen MR) is 78.5 cm³/mol. The Morgan fingerprint density at radius 2 is 2.21 bits per heavy atom. The molecule has 1 aromatic heterocycles. The van der Waals surface area contributed by atoms with Crippen LogP contribution < -0.4 is 10.6 Å². The molecule has 0 amide bonds. The standard InChI is InChI=1S/C15H17ClN2O/c1-10-7-14(17)13(16)8-15(10)18(11-4-5-11)9-12-3-2-6-19-12/h2-3,6-8,11H,4-5,9,17H2,1H3. The van der Waals surface area contributed by atoms with Crippen LogP contribution in [0.3, 0.4) is 0 Å². The van der Waals surface area contributed by atoms with Crippen molar-refractivity contribution in [1.29, 1.82) is 0 Å². The maximum atomic E-state index is 6.16. The maximum Gasteiger partial charge on any atom is 0.123 e. The SMILES string of the molecule is Cc1cc(N)c(Cl)cc1N(Cc1ccco1)C1CC1. The molecule has 0 unspecified atom stereocenters. The summed E-state index contributed by atoms with van der Waals surface area (Å²) in [5.74, 6) is 0.972. The first-order valence-electron chi connectivity index (χ1n) is 6.50. The van der Waals surface area contributed by atoms with E-state index in [1.807, 2.05) is 24.3 Å². The lowest BCUT2D eigenvalue weighted by atomic mass is 10.1. The molecule has 2 aromatic rings. The van der Waals surface area contributed by atoms with Crippen molar-refractivity contribution in [3.8, 4) is 0 Å². The Kier molecular flexibility index (Phi) is 3.15. The molecule has 1 fully saturated rings. The molecule has 0 saturated heterocycles. The Labute approximate surface area is 118 Å². The highest BCUT2D eigenvalue weighted by atomic mass is 35.5. The van der Waals surface area contributed by atoms with Crippen LogP contribution in [0.15, 0.2) is 34.9 Å². The van der Waals surface area contributed by atoms with Gasteiger partial charge in [0.1, 0.15) is 5.76 Å².